The van der Waals surface area contributed by atoms with Gasteiger partial charge in [-0.2, -0.15) is 0 Å². The Hall–Kier alpha value is -1.81. The first-order valence-electron chi connectivity index (χ1n) is 6.78. The molecule has 4 nitrogen and oxygen atoms in total. The van der Waals surface area contributed by atoms with Crippen LogP contribution >= 0.6 is 0 Å². The normalized spacial score (nSPS) is 12.4. The summed E-state index contributed by atoms with van der Waals surface area (Å²) >= 11 is 0. The van der Waals surface area contributed by atoms with Crippen molar-refractivity contribution in [2.75, 3.05) is 14.2 Å². The third-order valence-corrected chi connectivity index (χ3v) is 3.71. The summed E-state index contributed by atoms with van der Waals surface area (Å²) < 4.78 is 11.1. The molecule has 0 bridgehead atoms. The number of aromatic nitrogens is 1. The highest BCUT2D eigenvalue weighted by Gasteiger charge is 2.19. The molecule has 20 heavy (non-hydrogen) atoms. The van der Waals surface area contributed by atoms with Gasteiger partial charge in [-0.05, 0) is 39.4 Å². The van der Waals surface area contributed by atoms with Crippen molar-refractivity contribution >= 4 is 0 Å². The highest BCUT2D eigenvalue weighted by Crippen LogP contribution is 2.28. The van der Waals surface area contributed by atoms with E-state index in [1.807, 2.05) is 26.2 Å². The van der Waals surface area contributed by atoms with Gasteiger partial charge in [0.05, 0.1) is 19.4 Å². The molecule has 0 radical (unpaired) electrons. The zero-order chi connectivity index (χ0) is 14.7. The van der Waals surface area contributed by atoms with Crippen LogP contribution in [-0.4, -0.2) is 19.1 Å². The number of hydrogen-bond acceptors (Lipinski definition) is 4. The summed E-state index contributed by atoms with van der Waals surface area (Å²) in [6.07, 6.45) is 4.36. The SMILES string of the molecule is CNC(Cc1ncc(C)c(OC)c1C)c1occc1C. The molecule has 0 fully saturated rings. The van der Waals surface area contributed by atoms with Crippen LogP contribution in [0, 0.1) is 20.8 Å². The lowest BCUT2D eigenvalue weighted by molar-refractivity contribution is 0.403. The van der Waals surface area contributed by atoms with Crippen LogP contribution in [0.2, 0.25) is 0 Å². The number of nitrogens with one attached hydrogen (secondary N) is 1. The van der Waals surface area contributed by atoms with Crippen molar-refractivity contribution in [1.29, 1.82) is 0 Å². The Morgan fingerprint density at radius 1 is 1.30 bits per heavy atom. The maximum absolute atomic E-state index is 5.59. The molecule has 1 N–H and O–H groups in total. The fourth-order valence-electron chi connectivity index (χ4n) is 2.54. The largest absolute Gasteiger partial charge is 0.496 e. The Morgan fingerprint density at radius 2 is 2.05 bits per heavy atom. The van der Waals surface area contributed by atoms with Gasteiger partial charge >= 0.3 is 0 Å². The van der Waals surface area contributed by atoms with Crippen LogP contribution in [-0.2, 0) is 6.42 Å². The Morgan fingerprint density at radius 3 is 2.60 bits per heavy atom. The van der Waals surface area contributed by atoms with Crippen molar-refractivity contribution in [2.24, 2.45) is 0 Å². The highest BCUT2D eigenvalue weighted by atomic mass is 16.5. The molecule has 2 aromatic rings. The zero-order valence-electron chi connectivity index (χ0n) is 12.8. The number of nitrogens with zero attached hydrogens (tertiary/aromatic N) is 1. The van der Waals surface area contributed by atoms with Crippen molar-refractivity contribution in [3.8, 4) is 5.75 Å². The Labute approximate surface area is 120 Å². The lowest BCUT2D eigenvalue weighted by Gasteiger charge is -2.17. The fourth-order valence-corrected chi connectivity index (χ4v) is 2.54. The summed E-state index contributed by atoms with van der Waals surface area (Å²) in [5.41, 5.74) is 4.34. The number of ether oxygens (including phenoxy) is 1. The van der Waals surface area contributed by atoms with Gasteiger partial charge in [-0.15, -0.1) is 0 Å². The van der Waals surface area contributed by atoms with E-state index in [-0.39, 0.29) is 6.04 Å². The molecule has 2 rings (SSSR count). The minimum atomic E-state index is 0.114. The van der Waals surface area contributed by atoms with Crippen LogP contribution in [0.4, 0.5) is 0 Å². The number of rotatable bonds is 5. The van der Waals surface area contributed by atoms with E-state index >= 15 is 0 Å². The zero-order valence-corrected chi connectivity index (χ0v) is 12.8. The molecule has 0 amide bonds. The predicted molar refractivity (Wildman–Crippen MR) is 79.2 cm³/mol. The molecule has 108 valence electrons. The van der Waals surface area contributed by atoms with E-state index in [1.54, 1.807) is 13.4 Å². The lowest BCUT2D eigenvalue weighted by atomic mass is 10.0. The van der Waals surface area contributed by atoms with Gasteiger partial charge in [0.25, 0.3) is 0 Å². The maximum atomic E-state index is 5.59. The van der Waals surface area contributed by atoms with Crippen molar-refractivity contribution in [2.45, 2.75) is 33.2 Å². The quantitative estimate of drug-likeness (QED) is 0.910. The first-order valence-corrected chi connectivity index (χ1v) is 6.78. The van der Waals surface area contributed by atoms with E-state index in [2.05, 4.69) is 24.1 Å². The Bertz CT molecular complexity index is 590. The second kappa shape index (κ2) is 6.09. The molecular formula is C16H22N2O2. The van der Waals surface area contributed by atoms with Gasteiger partial charge in [0.1, 0.15) is 11.5 Å². The van der Waals surface area contributed by atoms with Gasteiger partial charge in [0.15, 0.2) is 0 Å². The number of methoxy groups -OCH3 is 1. The van der Waals surface area contributed by atoms with Crippen molar-refractivity contribution in [1.82, 2.24) is 10.3 Å². The molecule has 0 aromatic carbocycles. The van der Waals surface area contributed by atoms with E-state index in [4.69, 9.17) is 9.15 Å². The van der Waals surface area contributed by atoms with E-state index in [9.17, 15) is 0 Å². The molecule has 0 saturated heterocycles. The molecule has 0 aliphatic rings. The second-order valence-corrected chi connectivity index (χ2v) is 5.06. The van der Waals surface area contributed by atoms with Gasteiger partial charge in [-0.1, -0.05) is 0 Å². The fraction of sp³-hybridized carbons (Fsp3) is 0.438. The number of hydrogen-bond donors (Lipinski definition) is 1. The summed E-state index contributed by atoms with van der Waals surface area (Å²) in [5.74, 6) is 1.88. The number of furan rings is 1. The standard InChI is InChI=1S/C16H22N2O2/c1-10-6-7-20-16(10)14(17-4)8-13-12(3)15(19-5)11(2)9-18-13/h6-7,9,14,17H,8H2,1-5H3. The minimum Gasteiger partial charge on any atom is -0.496 e. The first-order chi connectivity index (χ1) is 9.58. The third-order valence-electron chi connectivity index (χ3n) is 3.71. The monoisotopic (exact) mass is 274 g/mol. The van der Waals surface area contributed by atoms with E-state index in [0.29, 0.717) is 0 Å². The van der Waals surface area contributed by atoms with Crippen molar-refractivity contribution < 1.29 is 9.15 Å². The van der Waals surface area contributed by atoms with Crippen LogP contribution in [0.15, 0.2) is 22.9 Å². The molecule has 2 heterocycles. The second-order valence-electron chi connectivity index (χ2n) is 5.06. The number of aryl methyl sites for hydroxylation is 2. The van der Waals surface area contributed by atoms with Gasteiger partial charge < -0.3 is 14.5 Å². The summed E-state index contributed by atoms with van der Waals surface area (Å²) in [6.45, 7) is 6.11. The van der Waals surface area contributed by atoms with E-state index < -0.39 is 0 Å². The van der Waals surface area contributed by atoms with Crippen molar-refractivity contribution in [3.05, 3.63) is 46.7 Å². The van der Waals surface area contributed by atoms with E-state index in [0.717, 1.165) is 40.3 Å². The number of pyridine rings is 1. The van der Waals surface area contributed by atoms with Crippen LogP contribution < -0.4 is 10.1 Å². The Balaban J connectivity index is 2.31. The van der Waals surface area contributed by atoms with Gasteiger partial charge in [-0.25, -0.2) is 0 Å². The van der Waals surface area contributed by atoms with Crippen LogP contribution in [0.5, 0.6) is 5.75 Å². The lowest BCUT2D eigenvalue weighted by Crippen LogP contribution is -2.20. The summed E-state index contributed by atoms with van der Waals surface area (Å²) in [5, 5.41) is 3.30. The first kappa shape index (κ1) is 14.6. The molecule has 0 saturated carbocycles. The van der Waals surface area contributed by atoms with Crippen LogP contribution in [0.25, 0.3) is 0 Å². The summed E-state index contributed by atoms with van der Waals surface area (Å²) in [6, 6.07) is 2.10. The molecular weight excluding hydrogens is 252 g/mol. The topological polar surface area (TPSA) is 47.3 Å². The molecule has 0 spiro atoms. The van der Waals surface area contributed by atoms with E-state index in [1.165, 1.54) is 0 Å². The third kappa shape index (κ3) is 2.70. The molecule has 0 aliphatic heterocycles. The van der Waals surface area contributed by atoms with Crippen LogP contribution in [0.3, 0.4) is 0 Å². The average molecular weight is 274 g/mol. The molecule has 1 unspecified atom stereocenters. The van der Waals surface area contributed by atoms with Gasteiger partial charge in [0.2, 0.25) is 0 Å². The smallest absolute Gasteiger partial charge is 0.128 e. The molecule has 0 aliphatic carbocycles. The molecule has 4 heteroatoms. The number of likely N-dealkylation sites (N-methyl/N-ethyl adjacent to an activating group) is 1. The highest BCUT2D eigenvalue weighted by molar-refractivity contribution is 5.41. The van der Waals surface area contributed by atoms with Gasteiger partial charge in [-0.3, -0.25) is 4.98 Å². The maximum Gasteiger partial charge on any atom is 0.128 e. The summed E-state index contributed by atoms with van der Waals surface area (Å²) in [4.78, 5) is 4.55. The van der Waals surface area contributed by atoms with Crippen LogP contribution in [0.1, 0.15) is 34.2 Å². The summed E-state index contributed by atoms with van der Waals surface area (Å²) in [7, 11) is 3.64. The Kier molecular flexibility index (Phi) is 4.45. The van der Waals surface area contributed by atoms with Gasteiger partial charge in [0, 0.05) is 29.4 Å². The average Bonchev–Trinajstić information content (AvgIpc) is 2.85. The minimum absolute atomic E-state index is 0.114. The van der Waals surface area contributed by atoms with Crippen molar-refractivity contribution in [3.63, 3.8) is 0 Å². The molecule has 1 atom stereocenters. The molecule has 2 aromatic heterocycles. The predicted octanol–water partition coefficient (Wildman–Crippen LogP) is 3.11.